The molecule has 0 aliphatic heterocycles. The molecule has 0 aliphatic rings. The van der Waals surface area contributed by atoms with Gasteiger partial charge >= 0.3 is 0 Å². The molecule has 0 atom stereocenters. The Labute approximate surface area is 166 Å². The van der Waals surface area contributed by atoms with Gasteiger partial charge in [0.2, 0.25) is 10.0 Å². The fraction of sp³-hybridized carbons (Fsp3) is 0.350. The third-order valence-electron chi connectivity index (χ3n) is 4.42. The van der Waals surface area contributed by atoms with Gasteiger partial charge in [-0.25, -0.2) is 12.8 Å². The quantitative estimate of drug-likeness (QED) is 0.548. The smallest absolute Gasteiger partial charge is 0.243 e. The lowest BCUT2D eigenvalue weighted by Crippen LogP contribution is -2.36. The number of halogens is 1. The van der Waals surface area contributed by atoms with Crippen LogP contribution >= 0.6 is 0 Å². The maximum atomic E-state index is 13.7. The van der Waals surface area contributed by atoms with Crippen molar-refractivity contribution in [2.45, 2.75) is 37.9 Å². The molecule has 0 aromatic heterocycles. The summed E-state index contributed by atoms with van der Waals surface area (Å²) in [6, 6.07) is 13.2. The average molecular weight is 407 g/mol. The first-order valence-electron chi connectivity index (χ1n) is 9.00. The number of guanidine groups is 1. The second-order valence-corrected chi connectivity index (χ2v) is 8.63. The molecule has 2 aromatic rings. The molecule has 2 rings (SSSR count). The summed E-state index contributed by atoms with van der Waals surface area (Å²) >= 11 is 0. The van der Waals surface area contributed by atoms with Gasteiger partial charge in [-0.05, 0) is 37.6 Å². The Morgan fingerprint density at radius 3 is 2.25 bits per heavy atom. The summed E-state index contributed by atoms with van der Waals surface area (Å²) in [6.07, 6.45) is 0. The minimum absolute atomic E-state index is 0.116. The molecule has 0 amide bonds. The van der Waals surface area contributed by atoms with Gasteiger partial charge in [-0.1, -0.05) is 30.3 Å². The number of nitrogens with one attached hydrogen (secondary N) is 2. The molecule has 28 heavy (non-hydrogen) atoms. The van der Waals surface area contributed by atoms with E-state index in [1.54, 1.807) is 56.6 Å². The Balaban J connectivity index is 1.95. The fourth-order valence-corrected chi connectivity index (χ4v) is 3.82. The zero-order chi connectivity index (χ0) is 20.7. The molecule has 0 spiro atoms. The van der Waals surface area contributed by atoms with Gasteiger partial charge in [-0.3, -0.25) is 4.99 Å². The van der Waals surface area contributed by atoms with Crippen molar-refractivity contribution in [3.05, 3.63) is 65.5 Å². The largest absolute Gasteiger partial charge is 0.352 e. The van der Waals surface area contributed by atoms with Gasteiger partial charge in [-0.2, -0.15) is 4.31 Å². The van der Waals surface area contributed by atoms with Gasteiger partial charge in [0.15, 0.2) is 5.96 Å². The SMILES string of the molecule is CN=C(NCc1ccc(S(=O)(=O)N(C)C(C)C)cc1)NCc1ccccc1F. The summed E-state index contributed by atoms with van der Waals surface area (Å²) in [5.74, 6) is 0.258. The van der Waals surface area contributed by atoms with E-state index in [0.29, 0.717) is 24.6 Å². The highest BCUT2D eigenvalue weighted by atomic mass is 32.2. The van der Waals surface area contributed by atoms with Crippen LogP contribution in [0.3, 0.4) is 0 Å². The molecule has 0 fully saturated rings. The van der Waals surface area contributed by atoms with Crippen LogP contribution in [0.1, 0.15) is 25.0 Å². The lowest BCUT2D eigenvalue weighted by molar-refractivity contribution is 0.410. The number of rotatable bonds is 7. The Kier molecular flexibility index (Phi) is 7.53. The van der Waals surface area contributed by atoms with Crippen LogP contribution in [-0.4, -0.2) is 38.8 Å². The highest BCUT2D eigenvalue weighted by molar-refractivity contribution is 7.89. The summed E-state index contributed by atoms with van der Waals surface area (Å²) in [5, 5.41) is 6.19. The van der Waals surface area contributed by atoms with Crippen LogP contribution in [0.15, 0.2) is 58.4 Å². The van der Waals surface area contributed by atoms with Crippen molar-refractivity contribution >= 4 is 16.0 Å². The van der Waals surface area contributed by atoms with Crippen molar-refractivity contribution in [3.63, 3.8) is 0 Å². The highest BCUT2D eigenvalue weighted by Crippen LogP contribution is 2.17. The Bertz CT molecular complexity index is 912. The van der Waals surface area contributed by atoms with Crippen LogP contribution in [0.25, 0.3) is 0 Å². The molecule has 2 aromatic carbocycles. The van der Waals surface area contributed by atoms with E-state index in [1.807, 2.05) is 13.8 Å². The van der Waals surface area contributed by atoms with E-state index >= 15 is 0 Å². The number of sulfonamides is 1. The summed E-state index contributed by atoms with van der Waals surface area (Å²) in [6.45, 7) is 4.42. The summed E-state index contributed by atoms with van der Waals surface area (Å²) < 4.78 is 40.0. The van der Waals surface area contributed by atoms with Crippen LogP contribution in [-0.2, 0) is 23.1 Å². The normalized spacial score (nSPS) is 12.5. The Hall–Kier alpha value is -2.45. The lowest BCUT2D eigenvalue weighted by Gasteiger charge is -2.21. The molecule has 0 heterocycles. The third-order valence-corrected chi connectivity index (χ3v) is 6.46. The van der Waals surface area contributed by atoms with Gasteiger partial charge < -0.3 is 10.6 Å². The van der Waals surface area contributed by atoms with Gasteiger partial charge in [0.25, 0.3) is 0 Å². The van der Waals surface area contributed by atoms with E-state index in [0.717, 1.165) is 5.56 Å². The molecular weight excluding hydrogens is 379 g/mol. The first-order chi connectivity index (χ1) is 13.3. The predicted octanol–water partition coefficient (Wildman–Crippen LogP) is 2.72. The van der Waals surface area contributed by atoms with Gasteiger partial charge in [0.05, 0.1) is 4.90 Å². The molecular formula is C20H27FN4O2S. The lowest BCUT2D eigenvalue weighted by atomic mass is 10.2. The molecule has 0 radical (unpaired) electrons. The molecule has 0 bridgehead atoms. The molecule has 0 saturated heterocycles. The number of aliphatic imine (C=N–C) groups is 1. The minimum atomic E-state index is -3.49. The van der Waals surface area contributed by atoms with E-state index in [-0.39, 0.29) is 16.8 Å². The second-order valence-electron chi connectivity index (χ2n) is 6.63. The fourth-order valence-electron chi connectivity index (χ4n) is 2.45. The van der Waals surface area contributed by atoms with E-state index in [2.05, 4.69) is 15.6 Å². The van der Waals surface area contributed by atoms with Crippen molar-refractivity contribution in [2.24, 2.45) is 4.99 Å². The number of hydrogen-bond acceptors (Lipinski definition) is 3. The van der Waals surface area contributed by atoms with E-state index < -0.39 is 10.0 Å². The molecule has 0 unspecified atom stereocenters. The first-order valence-corrected chi connectivity index (χ1v) is 10.4. The monoisotopic (exact) mass is 406 g/mol. The number of hydrogen-bond donors (Lipinski definition) is 2. The minimum Gasteiger partial charge on any atom is -0.352 e. The van der Waals surface area contributed by atoms with Crippen LogP contribution in [0, 0.1) is 5.82 Å². The summed E-state index contributed by atoms with van der Waals surface area (Å²) in [4.78, 5) is 4.38. The van der Waals surface area contributed by atoms with E-state index in [1.165, 1.54) is 10.4 Å². The molecule has 2 N–H and O–H groups in total. The zero-order valence-electron chi connectivity index (χ0n) is 16.6. The van der Waals surface area contributed by atoms with Gasteiger partial charge in [0, 0.05) is 38.8 Å². The van der Waals surface area contributed by atoms with Crippen molar-refractivity contribution < 1.29 is 12.8 Å². The van der Waals surface area contributed by atoms with Crippen molar-refractivity contribution in [3.8, 4) is 0 Å². The van der Waals surface area contributed by atoms with Crippen molar-refractivity contribution in [2.75, 3.05) is 14.1 Å². The van der Waals surface area contributed by atoms with Crippen LogP contribution in [0.2, 0.25) is 0 Å². The summed E-state index contributed by atoms with van der Waals surface area (Å²) in [5.41, 5.74) is 1.45. The maximum Gasteiger partial charge on any atom is 0.243 e. The van der Waals surface area contributed by atoms with E-state index in [9.17, 15) is 12.8 Å². The Morgan fingerprint density at radius 1 is 1.07 bits per heavy atom. The van der Waals surface area contributed by atoms with Crippen LogP contribution < -0.4 is 10.6 Å². The molecule has 0 saturated carbocycles. The maximum absolute atomic E-state index is 13.7. The topological polar surface area (TPSA) is 73.8 Å². The highest BCUT2D eigenvalue weighted by Gasteiger charge is 2.22. The van der Waals surface area contributed by atoms with Crippen LogP contribution in [0.4, 0.5) is 4.39 Å². The third kappa shape index (κ3) is 5.53. The Morgan fingerprint density at radius 2 is 1.68 bits per heavy atom. The van der Waals surface area contributed by atoms with Crippen molar-refractivity contribution in [1.29, 1.82) is 0 Å². The standard InChI is InChI=1S/C20H27FN4O2S/c1-15(2)25(4)28(26,27)18-11-9-16(10-12-18)13-23-20(22-3)24-14-17-7-5-6-8-19(17)21/h5-12,15H,13-14H2,1-4H3,(H2,22,23,24). The van der Waals surface area contributed by atoms with Crippen molar-refractivity contribution in [1.82, 2.24) is 14.9 Å². The second kappa shape index (κ2) is 9.66. The summed E-state index contributed by atoms with van der Waals surface area (Å²) in [7, 11) is -0.290. The van der Waals surface area contributed by atoms with Gasteiger partial charge in [0.1, 0.15) is 5.82 Å². The first kappa shape index (κ1) is 21.8. The molecule has 6 nitrogen and oxygen atoms in total. The molecule has 152 valence electrons. The molecule has 0 aliphatic carbocycles. The van der Waals surface area contributed by atoms with Gasteiger partial charge in [-0.15, -0.1) is 0 Å². The number of nitrogens with zero attached hydrogens (tertiary/aromatic N) is 2. The van der Waals surface area contributed by atoms with Crippen LogP contribution in [0.5, 0.6) is 0 Å². The van der Waals surface area contributed by atoms with E-state index in [4.69, 9.17) is 0 Å². The number of benzene rings is 2. The zero-order valence-corrected chi connectivity index (χ0v) is 17.4. The predicted molar refractivity (Wildman–Crippen MR) is 110 cm³/mol. The average Bonchev–Trinajstić information content (AvgIpc) is 2.69. The molecule has 8 heteroatoms.